The molecule has 1 aliphatic rings. The zero-order valence-corrected chi connectivity index (χ0v) is 10.8. The van der Waals surface area contributed by atoms with Gasteiger partial charge in [0.2, 0.25) is 5.91 Å². The molecule has 1 aliphatic carbocycles. The van der Waals surface area contributed by atoms with Gasteiger partial charge in [0.25, 0.3) is 0 Å². The monoisotopic (exact) mass is 270 g/mol. The number of hydrogen-bond donors (Lipinski definition) is 2. The third-order valence-electron chi connectivity index (χ3n) is 2.80. The molecule has 18 heavy (non-hydrogen) atoms. The van der Waals surface area contributed by atoms with Gasteiger partial charge in [0.05, 0.1) is 0 Å². The van der Waals surface area contributed by atoms with Crippen LogP contribution in [0.25, 0.3) is 0 Å². The summed E-state index contributed by atoms with van der Waals surface area (Å²) >= 11 is 5.89. The quantitative estimate of drug-likeness (QED) is 0.779. The van der Waals surface area contributed by atoms with Crippen LogP contribution < -0.4 is 10.6 Å². The molecule has 98 valence electrons. The van der Waals surface area contributed by atoms with Gasteiger partial charge in [0.15, 0.2) is 0 Å². The Kier molecular flexibility index (Phi) is 4.55. The first-order chi connectivity index (χ1) is 8.65. The van der Waals surface area contributed by atoms with E-state index in [1.807, 2.05) is 0 Å². The van der Waals surface area contributed by atoms with E-state index in [0.717, 1.165) is 18.4 Å². The molecule has 0 atom stereocenters. The molecule has 0 saturated heterocycles. The number of amides is 1. The topological polar surface area (TPSA) is 41.1 Å². The summed E-state index contributed by atoms with van der Waals surface area (Å²) in [7, 11) is 0. The van der Waals surface area contributed by atoms with Crippen molar-refractivity contribution in [3.63, 3.8) is 0 Å². The van der Waals surface area contributed by atoms with E-state index >= 15 is 0 Å². The van der Waals surface area contributed by atoms with Crippen LogP contribution in [0, 0.1) is 5.82 Å². The number of halogens is 2. The minimum Gasteiger partial charge on any atom is -0.353 e. The smallest absolute Gasteiger partial charge is 0.221 e. The predicted molar refractivity (Wildman–Crippen MR) is 68.9 cm³/mol. The van der Waals surface area contributed by atoms with Gasteiger partial charge in [0, 0.05) is 30.6 Å². The lowest BCUT2D eigenvalue weighted by atomic mass is 10.2. The van der Waals surface area contributed by atoms with Crippen LogP contribution in [-0.4, -0.2) is 18.5 Å². The molecule has 0 unspecified atom stereocenters. The molecule has 0 aliphatic heterocycles. The van der Waals surface area contributed by atoms with Crippen LogP contribution in [0.15, 0.2) is 18.2 Å². The van der Waals surface area contributed by atoms with Crippen molar-refractivity contribution in [3.05, 3.63) is 34.6 Å². The number of carbonyl (C=O) groups excluding carboxylic acids is 1. The fraction of sp³-hybridized carbons (Fsp3) is 0.462. The minimum atomic E-state index is -0.340. The number of benzene rings is 1. The molecular formula is C13H16ClFN2O. The molecule has 1 fully saturated rings. The van der Waals surface area contributed by atoms with E-state index in [2.05, 4.69) is 10.6 Å². The Balaban J connectivity index is 1.66. The van der Waals surface area contributed by atoms with Gasteiger partial charge in [-0.1, -0.05) is 17.7 Å². The van der Waals surface area contributed by atoms with Gasteiger partial charge in [0.1, 0.15) is 5.82 Å². The van der Waals surface area contributed by atoms with Crippen molar-refractivity contribution >= 4 is 17.5 Å². The van der Waals surface area contributed by atoms with Crippen molar-refractivity contribution < 1.29 is 9.18 Å². The highest BCUT2D eigenvalue weighted by atomic mass is 35.5. The first-order valence-electron chi connectivity index (χ1n) is 6.09. The number of rotatable bonds is 6. The average molecular weight is 271 g/mol. The zero-order valence-electron chi connectivity index (χ0n) is 10.0. The molecule has 0 heterocycles. The highest BCUT2D eigenvalue weighted by Gasteiger charge is 2.22. The molecule has 2 rings (SSSR count). The highest BCUT2D eigenvalue weighted by Crippen LogP contribution is 2.18. The molecule has 0 radical (unpaired) electrons. The predicted octanol–water partition coefficient (Wildman–Crippen LogP) is 2.24. The van der Waals surface area contributed by atoms with Crippen LogP contribution in [0.3, 0.4) is 0 Å². The second-order valence-corrected chi connectivity index (χ2v) is 4.91. The van der Waals surface area contributed by atoms with Crippen molar-refractivity contribution in [1.82, 2.24) is 10.6 Å². The fourth-order valence-electron chi connectivity index (χ4n) is 1.62. The largest absolute Gasteiger partial charge is 0.353 e. The van der Waals surface area contributed by atoms with E-state index in [9.17, 15) is 9.18 Å². The number of carbonyl (C=O) groups is 1. The molecule has 1 saturated carbocycles. The van der Waals surface area contributed by atoms with E-state index < -0.39 is 0 Å². The number of hydrogen-bond acceptors (Lipinski definition) is 2. The van der Waals surface area contributed by atoms with Crippen molar-refractivity contribution in [1.29, 1.82) is 0 Å². The lowest BCUT2D eigenvalue weighted by Gasteiger charge is -2.07. The Hall–Kier alpha value is -1.13. The Morgan fingerprint density at radius 2 is 2.22 bits per heavy atom. The average Bonchev–Trinajstić information content (AvgIpc) is 3.10. The molecular weight excluding hydrogens is 255 g/mol. The van der Waals surface area contributed by atoms with Crippen molar-refractivity contribution in [2.45, 2.75) is 31.8 Å². The lowest BCUT2D eigenvalue weighted by molar-refractivity contribution is -0.121. The highest BCUT2D eigenvalue weighted by molar-refractivity contribution is 6.31. The van der Waals surface area contributed by atoms with Gasteiger partial charge >= 0.3 is 0 Å². The van der Waals surface area contributed by atoms with Crippen molar-refractivity contribution in [2.75, 3.05) is 6.54 Å². The maximum Gasteiger partial charge on any atom is 0.221 e. The van der Waals surface area contributed by atoms with E-state index in [0.29, 0.717) is 30.6 Å². The first-order valence-corrected chi connectivity index (χ1v) is 6.47. The first kappa shape index (κ1) is 13.3. The third-order valence-corrected chi connectivity index (χ3v) is 3.15. The van der Waals surface area contributed by atoms with E-state index in [-0.39, 0.29) is 11.7 Å². The molecule has 0 bridgehead atoms. The Morgan fingerprint density at radius 1 is 1.44 bits per heavy atom. The van der Waals surface area contributed by atoms with Crippen molar-refractivity contribution in [3.8, 4) is 0 Å². The van der Waals surface area contributed by atoms with E-state index in [4.69, 9.17) is 11.6 Å². The molecule has 1 aromatic carbocycles. The maximum absolute atomic E-state index is 12.8. The van der Waals surface area contributed by atoms with Gasteiger partial charge in [-0.3, -0.25) is 4.79 Å². The second-order valence-electron chi connectivity index (χ2n) is 4.50. The van der Waals surface area contributed by atoms with E-state index in [1.54, 1.807) is 6.07 Å². The fourth-order valence-corrected chi connectivity index (χ4v) is 1.85. The Labute approximate surface area is 111 Å². The minimum absolute atomic E-state index is 0.0789. The van der Waals surface area contributed by atoms with Crippen LogP contribution in [0.4, 0.5) is 4.39 Å². The molecule has 5 heteroatoms. The second kappa shape index (κ2) is 6.16. The number of nitrogens with one attached hydrogen (secondary N) is 2. The molecule has 0 spiro atoms. The molecule has 0 aromatic heterocycles. The molecule has 1 aromatic rings. The van der Waals surface area contributed by atoms with Crippen LogP contribution in [-0.2, 0) is 11.3 Å². The standard InChI is InChI=1S/C13H16ClFN2O/c14-12-7-10(15)2-1-9(12)8-16-6-5-13(18)17-11-3-4-11/h1-2,7,11,16H,3-6,8H2,(H,17,18). The van der Waals surface area contributed by atoms with Crippen LogP contribution in [0.2, 0.25) is 5.02 Å². The molecule has 2 N–H and O–H groups in total. The Bertz CT molecular complexity index is 435. The summed E-state index contributed by atoms with van der Waals surface area (Å²) in [6.45, 7) is 1.13. The van der Waals surface area contributed by atoms with Crippen LogP contribution in [0.1, 0.15) is 24.8 Å². The van der Waals surface area contributed by atoms with Gasteiger partial charge in [-0.15, -0.1) is 0 Å². The maximum atomic E-state index is 12.8. The third kappa shape index (κ3) is 4.27. The summed E-state index contributed by atoms with van der Waals surface area (Å²) in [5, 5.41) is 6.44. The van der Waals surface area contributed by atoms with Gasteiger partial charge in [-0.25, -0.2) is 4.39 Å². The molecule has 3 nitrogen and oxygen atoms in total. The van der Waals surface area contributed by atoms with Gasteiger partial charge < -0.3 is 10.6 Å². The summed E-state index contributed by atoms with van der Waals surface area (Å²) < 4.78 is 12.8. The van der Waals surface area contributed by atoms with Gasteiger partial charge in [-0.05, 0) is 30.5 Å². The SMILES string of the molecule is O=C(CCNCc1ccc(F)cc1Cl)NC1CC1. The van der Waals surface area contributed by atoms with Crippen LogP contribution >= 0.6 is 11.6 Å². The summed E-state index contributed by atoms with van der Waals surface area (Å²) in [5.41, 5.74) is 0.834. The summed E-state index contributed by atoms with van der Waals surface area (Å²) in [6, 6.07) is 4.72. The van der Waals surface area contributed by atoms with E-state index in [1.165, 1.54) is 12.1 Å². The summed E-state index contributed by atoms with van der Waals surface area (Å²) in [5.74, 6) is -0.261. The summed E-state index contributed by atoms with van der Waals surface area (Å²) in [4.78, 5) is 11.4. The summed E-state index contributed by atoms with van der Waals surface area (Å²) in [6.07, 6.45) is 2.66. The van der Waals surface area contributed by atoms with Gasteiger partial charge in [-0.2, -0.15) is 0 Å². The zero-order chi connectivity index (χ0) is 13.0. The van der Waals surface area contributed by atoms with Crippen LogP contribution in [0.5, 0.6) is 0 Å². The normalized spacial score (nSPS) is 14.6. The Morgan fingerprint density at radius 3 is 2.89 bits per heavy atom. The lowest BCUT2D eigenvalue weighted by Crippen LogP contribution is -2.29. The molecule has 1 amide bonds. The van der Waals surface area contributed by atoms with Crippen molar-refractivity contribution in [2.24, 2.45) is 0 Å².